The lowest BCUT2D eigenvalue weighted by molar-refractivity contribution is 0.927. The van der Waals surface area contributed by atoms with E-state index < -0.39 is 0 Å². The molecule has 0 unspecified atom stereocenters. The van der Waals surface area contributed by atoms with Gasteiger partial charge >= 0.3 is 0 Å². The molecule has 0 atom stereocenters. The Morgan fingerprint density at radius 1 is 1.38 bits per heavy atom. The van der Waals surface area contributed by atoms with Crippen LogP contribution in [0.4, 0.5) is 0 Å². The average Bonchev–Trinajstić information content (AvgIpc) is 2.47. The molecule has 1 heterocycles. The van der Waals surface area contributed by atoms with Crippen LogP contribution in [0.15, 0.2) is 18.2 Å². The second kappa shape index (κ2) is 3.46. The van der Waals surface area contributed by atoms with Crippen molar-refractivity contribution in [3.8, 4) is 0 Å². The van der Waals surface area contributed by atoms with Gasteiger partial charge in [-0.3, -0.25) is 0 Å². The van der Waals surface area contributed by atoms with E-state index in [-0.39, 0.29) is 0 Å². The number of thiazole rings is 1. The van der Waals surface area contributed by atoms with E-state index in [9.17, 15) is 0 Å². The molecule has 0 aliphatic carbocycles. The van der Waals surface area contributed by atoms with Crippen molar-refractivity contribution in [2.45, 2.75) is 26.7 Å². The molecule has 0 spiro atoms. The summed E-state index contributed by atoms with van der Waals surface area (Å²) in [5, 5.41) is 1.17. The van der Waals surface area contributed by atoms with E-state index in [0.29, 0.717) is 0 Å². The van der Waals surface area contributed by atoms with E-state index in [0.717, 1.165) is 6.42 Å². The van der Waals surface area contributed by atoms with Gasteiger partial charge in [-0.1, -0.05) is 25.5 Å². The maximum atomic E-state index is 4.55. The molecule has 0 amide bonds. The summed E-state index contributed by atoms with van der Waals surface area (Å²) in [6.45, 7) is 4.28. The molecule has 2 rings (SSSR count). The Bertz CT molecular complexity index is 417. The number of hydrogen-bond donors (Lipinski definition) is 0. The molecule has 1 aromatic heterocycles. The molecule has 0 radical (unpaired) electrons. The van der Waals surface area contributed by atoms with Gasteiger partial charge < -0.3 is 0 Å². The van der Waals surface area contributed by atoms with Crippen molar-refractivity contribution in [2.24, 2.45) is 0 Å². The minimum absolute atomic E-state index is 1.14. The van der Waals surface area contributed by atoms with E-state index in [2.05, 4.69) is 37.0 Å². The Morgan fingerprint density at radius 2 is 2.23 bits per heavy atom. The largest absolute Gasteiger partial charge is 0.241 e. The molecule has 0 aliphatic heterocycles. The predicted molar refractivity (Wildman–Crippen MR) is 58.4 cm³/mol. The topological polar surface area (TPSA) is 12.9 Å². The third kappa shape index (κ3) is 1.59. The fourth-order valence-corrected chi connectivity index (χ4v) is 2.46. The van der Waals surface area contributed by atoms with E-state index >= 15 is 0 Å². The Hall–Kier alpha value is -0.890. The molecule has 0 N–H and O–H groups in total. The molecular formula is C11H13NS. The van der Waals surface area contributed by atoms with Crippen LogP contribution in [-0.4, -0.2) is 4.98 Å². The Labute approximate surface area is 82.4 Å². The maximum absolute atomic E-state index is 4.55. The number of aromatic nitrogens is 1. The van der Waals surface area contributed by atoms with Crippen LogP contribution < -0.4 is 0 Å². The molecule has 1 aromatic carbocycles. The molecule has 2 aromatic rings. The fourth-order valence-electron chi connectivity index (χ4n) is 1.59. The molecule has 0 fully saturated rings. The highest BCUT2D eigenvalue weighted by Gasteiger charge is 2.03. The molecule has 2 heteroatoms. The summed E-state index contributed by atoms with van der Waals surface area (Å²) in [7, 11) is 0. The van der Waals surface area contributed by atoms with Gasteiger partial charge in [0.2, 0.25) is 0 Å². The highest BCUT2D eigenvalue weighted by molar-refractivity contribution is 7.18. The number of aryl methyl sites for hydroxylation is 2. The van der Waals surface area contributed by atoms with Crippen LogP contribution in [0.1, 0.15) is 23.9 Å². The van der Waals surface area contributed by atoms with Crippen LogP contribution >= 0.6 is 11.3 Å². The highest BCUT2D eigenvalue weighted by Crippen LogP contribution is 2.24. The second-order valence-corrected chi connectivity index (χ2v) is 4.48. The van der Waals surface area contributed by atoms with Gasteiger partial charge in [0.25, 0.3) is 0 Å². The van der Waals surface area contributed by atoms with E-state index in [1.54, 1.807) is 11.3 Å². The van der Waals surface area contributed by atoms with Gasteiger partial charge in [0.15, 0.2) is 0 Å². The molecule has 0 aliphatic rings. The number of rotatable bonds is 2. The Morgan fingerprint density at radius 3 is 3.00 bits per heavy atom. The van der Waals surface area contributed by atoms with Gasteiger partial charge in [0, 0.05) is 0 Å². The number of para-hydroxylation sites is 1. The molecule has 0 saturated heterocycles. The normalized spacial score (nSPS) is 10.9. The number of fused-ring (bicyclic) bond motifs is 1. The third-order valence-electron chi connectivity index (χ3n) is 2.13. The highest BCUT2D eigenvalue weighted by atomic mass is 32.1. The first kappa shape index (κ1) is 8.70. The summed E-state index contributed by atoms with van der Waals surface area (Å²) in [4.78, 5) is 4.55. The first-order valence-electron chi connectivity index (χ1n) is 4.66. The van der Waals surface area contributed by atoms with Crippen LogP contribution in [0.25, 0.3) is 10.2 Å². The van der Waals surface area contributed by atoms with Crippen molar-refractivity contribution in [1.29, 1.82) is 0 Å². The Balaban J connectivity index is 2.60. The van der Waals surface area contributed by atoms with Crippen LogP contribution in [0, 0.1) is 6.92 Å². The SMILES string of the molecule is CCCc1cccc2sc(C)nc12. The minimum atomic E-state index is 1.14. The zero-order chi connectivity index (χ0) is 9.26. The first-order valence-corrected chi connectivity index (χ1v) is 5.48. The van der Waals surface area contributed by atoms with Gasteiger partial charge in [-0.15, -0.1) is 11.3 Å². The van der Waals surface area contributed by atoms with Crippen LogP contribution in [0.3, 0.4) is 0 Å². The summed E-state index contributed by atoms with van der Waals surface area (Å²) in [5.41, 5.74) is 2.61. The lowest BCUT2D eigenvalue weighted by Crippen LogP contribution is -1.84. The van der Waals surface area contributed by atoms with Crippen molar-refractivity contribution in [3.63, 3.8) is 0 Å². The first-order chi connectivity index (χ1) is 6.31. The average molecular weight is 191 g/mol. The minimum Gasteiger partial charge on any atom is -0.241 e. The fraction of sp³-hybridized carbons (Fsp3) is 0.364. The van der Waals surface area contributed by atoms with E-state index in [1.807, 2.05) is 0 Å². The van der Waals surface area contributed by atoms with Gasteiger partial charge in [0.1, 0.15) is 0 Å². The lowest BCUT2D eigenvalue weighted by atomic mass is 10.1. The maximum Gasteiger partial charge on any atom is 0.0907 e. The summed E-state index contributed by atoms with van der Waals surface area (Å²) in [6, 6.07) is 6.47. The number of hydrogen-bond acceptors (Lipinski definition) is 2. The predicted octanol–water partition coefficient (Wildman–Crippen LogP) is 3.56. The van der Waals surface area contributed by atoms with Crippen LogP contribution in [-0.2, 0) is 6.42 Å². The number of benzene rings is 1. The molecular weight excluding hydrogens is 178 g/mol. The summed E-state index contributed by atoms with van der Waals surface area (Å²) in [6.07, 6.45) is 2.33. The molecule has 68 valence electrons. The molecule has 0 saturated carbocycles. The van der Waals surface area contributed by atoms with E-state index in [4.69, 9.17) is 0 Å². The van der Waals surface area contributed by atoms with Crippen molar-refractivity contribution < 1.29 is 0 Å². The molecule has 13 heavy (non-hydrogen) atoms. The van der Waals surface area contributed by atoms with E-state index in [1.165, 1.54) is 27.2 Å². The quantitative estimate of drug-likeness (QED) is 0.707. The molecule has 1 nitrogen and oxygen atoms in total. The second-order valence-electron chi connectivity index (χ2n) is 3.25. The monoisotopic (exact) mass is 191 g/mol. The molecule has 0 bridgehead atoms. The van der Waals surface area contributed by atoms with Crippen molar-refractivity contribution in [2.75, 3.05) is 0 Å². The van der Waals surface area contributed by atoms with Crippen LogP contribution in [0.2, 0.25) is 0 Å². The smallest absolute Gasteiger partial charge is 0.0907 e. The van der Waals surface area contributed by atoms with Crippen molar-refractivity contribution in [3.05, 3.63) is 28.8 Å². The zero-order valence-corrected chi connectivity index (χ0v) is 8.82. The van der Waals surface area contributed by atoms with Crippen LogP contribution in [0.5, 0.6) is 0 Å². The summed E-state index contributed by atoms with van der Waals surface area (Å²) < 4.78 is 1.32. The summed E-state index contributed by atoms with van der Waals surface area (Å²) >= 11 is 1.78. The summed E-state index contributed by atoms with van der Waals surface area (Å²) in [5.74, 6) is 0. The lowest BCUT2D eigenvalue weighted by Gasteiger charge is -1.98. The Kier molecular flexibility index (Phi) is 2.32. The zero-order valence-electron chi connectivity index (χ0n) is 8.00. The van der Waals surface area contributed by atoms with Gasteiger partial charge in [-0.05, 0) is 25.0 Å². The van der Waals surface area contributed by atoms with Crippen molar-refractivity contribution >= 4 is 21.6 Å². The third-order valence-corrected chi connectivity index (χ3v) is 3.06. The number of nitrogens with zero attached hydrogens (tertiary/aromatic N) is 1. The van der Waals surface area contributed by atoms with Gasteiger partial charge in [0.05, 0.1) is 15.2 Å². The standard InChI is InChI=1S/C11H13NS/c1-3-5-9-6-4-7-10-11(9)12-8(2)13-10/h4,6-7H,3,5H2,1-2H3. The van der Waals surface area contributed by atoms with Gasteiger partial charge in [-0.2, -0.15) is 0 Å². The van der Waals surface area contributed by atoms with Crippen molar-refractivity contribution in [1.82, 2.24) is 4.98 Å². The van der Waals surface area contributed by atoms with Gasteiger partial charge in [-0.25, -0.2) is 4.98 Å².